The van der Waals surface area contributed by atoms with E-state index in [0.717, 1.165) is 21.5 Å². The zero-order valence-electron chi connectivity index (χ0n) is 9.84. The maximum Gasteiger partial charge on any atom is 0.0417 e. The Morgan fingerprint density at radius 1 is 1.31 bits per heavy atom. The maximum atomic E-state index is 6.22. The lowest BCUT2D eigenvalue weighted by Gasteiger charge is -2.19. The summed E-state index contributed by atoms with van der Waals surface area (Å²) >= 11 is 9.43. The molecule has 1 atom stereocenters. The molecule has 0 radical (unpaired) electrons. The van der Waals surface area contributed by atoms with Gasteiger partial charge >= 0.3 is 0 Å². The standard InChI is InChI=1S/C13H19BrClN/c1-3-9(4-2)7-13(16)11-6-5-10(15)8-12(11)14/h5-6,8-9,13H,3-4,7,16H2,1-2H3. The number of benzene rings is 1. The van der Waals surface area contributed by atoms with Crippen LogP contribution in [0.3, 0.4) is 0 Å². The van der Waals surface area contributed by atoms with Crippen LogP contribution < -0.4 is 5.73 Å². The fourth-order valence-electron chi connectivity index (χ4n) is 1.91. The summed E-state index contributed by atoms with van der Waals surface area (Å²) < 4.78 is 1.01. The molecule has 0 saturated carbocycles. The molecule has 1 aromatic rings. The van der Waals surface area contributed by atoms with Crippen LogP contribution in [0.4, 0.5) is 0 Å². The van der Waals surface area contributed by atoms with Crippen LogP contribution in [-0.2, 0) is 0 Å². The highest BCUT2D eigenvalue weighted by Crippen LogP contribution is 2.30. The molecule has 1 nitrogen and oxygen atoms in total. The van der Waals surface area contributed by atoms with Crippen molar-refractivity contribution in [2.45, 2.75) is 39.2 Å². The smallest absolute Gasteiger partial charge is 0.0417 e. The van der Waals surface area contributed by atoms with Crippen molar-refractivity contribution < 1.29 is 0 Å². The third kappa shape index (κ3) is 3.76. The first-order valence-electron chi connectivity index (χ1n) is 5.79. The van der Waals surface area contributed by atoms with Gasteiger partial charge in [0, 0.05) is 15.5 Å². The third-order valence-corrected chi connectivity index (χ3v) is 4.03. The van der Waals surface area contributed by atoms with Crippen LogP contribution in [0.25, 0.3) is 0 Å². The topological polar surface area (TPSA) is 26.0 Å². The zero-order chi connectivity index (χ0) is 12.1. The van der Waals surface area contributed by atoms with Crippen molar-refractivity contribution in [2.24, 2.45) is 11.7 Å². The van der Waals surface area contributed by atoms with Crippen molar-refractivity contribution in [3.63, 3.8) is 0 Å². The van der Waals surface area contributed by atoms with E-state index in [1.165, 1.54) is 12.8 Å². The minimum Gasteiger partial charge on any atom is -0.324 e. The molecule has 0 aliphatic carbocycles. The second-order valence-corrected chi connectivity index (χ2v) is 5.48. The molecule has 90 valence electrons. The van der Waals surface area contributed by atoms with E-state index in [1.54, 1.807) is 0 Å². The van der Waals surface area contributed by atoms with Crippen molar-refractivity contribution in [3.05, 3.63) is 33.3 Å². The molecule has 0 aliphatic rings. The molecule has 0 heterocycles. The quantitative estimate of drug-likeness (QED) is 0.820. The van der Waals surface area contributed by atoms with Gasteiger partial charge in [-0.15, -0.1) is 0 Å². The SMILES string of the molecule is CCC(CC)CC(N)c1ccc(Cl)cc1Br. The summed E-state index contributed by atoms with van der Waals surface area (Å²) in [6.45, 7) is 4.44. The summed E-state index contributed by atoms with van der Waals surface area (Å²) in [5.74, 6) is 0.706. The van der Waals surface area contributed by atoms with Gasteiger partial charge in [0.2, 0.25) is 0 Å². The van der Waals surface area contributed by atoms with Crippen LogP contribution >= 0.6 is 27.5 Å². The van der Waals surface area contributed by atoms with Crippen LogP contribution in [0.5, 0.6) is 0 Å². The molecule has 0 fully saturated rings. The van der Waals surface area contributed by atoms with E-state index in [1.807, 2.05) is 18.2 Å². The fourth-order valence-corrected chi connectivity index (χ4v) is 2.89. The van der Waals surface area contributed by atoms with Crippen LogP contribution in [0.1, 0.15) is 44.7 Å². The highest BCUT2D eigenvalue weighted by molar-refractivity contribution is 9.10. The summed E-state index contributed by atoms with van der Waals surface area (Å²) in [5.41, 5.74) is 7.37. The van der Waals surface area contributed by atoms with Crippen LogP contribution in [0, 0.1) is 5.92 Å². The van der Waals surface area contributed by atoms with E-state index in [0.29, 0.717) is 5.92 Å². The van der Waals surface area contributed by atoms with Crippen molar-refractivity contribution >= 4 is 27.5 Å². The molecule has 0 spiro atoms. The minimum atomic E-state index is 0.0940. The fraction of sp³-hybridized carbons (Fsp3) is 0.538. The summed E-state index contributed by atoms with van der Waals surface area (Å²) in [6.07, 6.45) is 3.41. The molecule has 16 heavy (non-hydrogen) atoms. The monoisotopic (exact) mass is 303 g/mol. The van der Waals surface area contributed by atoms with Gasteiger partial charge < -0.3 is 5.73 Å². The number of nitrogens with two attached hydrogens (primary N) is 1. The Balaban J connectivity index is 2.76. The average Bonchev–Trinajstić information content (AvgIpc) is 2.25. The number of hydrogen-bond acceptors (Lipinski definition) is 1. The first-order valence-corrected chi connectivity index (χ1v) is 6.96. The van der Waals surface area contributed by atoms with E-state index < -0.39 is 0 Å². The second kappa shape index (κ2) is 6.63. The van der Waals surface area contributed by atoms with Crippen molar-refractivity contribution in [2.75, 3.05) is 0 Å². The van der Waals surface area contributed by atoms with Gasteiger partial charge in [-0.1, -0.05) is 60.3 Å². The Hall–Kier alpha value is -0.0500. The van der Waals surface area contributed by atoms with Gasteiger partial charge in [0.15, 0.2) is 0 Å². The van der Waals surface area contributed by atoms with Gasteiger partial charge in [0.1, 0.15) is 0 Å². The van der Waals surface area contributed by atoms with Crippen molar-refractivity contribution in [1.82, 2.24) is 0 Å². The molecule has 0 bridgehead atoms. The normalized spacial score (nSPS) is 13.1. The van der Waals surface area contributed by atoms with E-state index in [4.69, 9.17) is 17.3 Å². The van der Waals surface area contributed by atoms with E-state index in [-0.39, 0.29) is 6.04 Å². The highest BCUT2D eigenvalue weighted by atomic mass is 79.9. The van der Waals surface area contributed by atoms with Gasteiger partial charge in [-0.2, -0.15) is 0 Å². The summed E-state index contributed by atoms with van der Waals surface area (Å²) in [4.78, 5) is 0. The van der Waals surface area contributed by atoms with Crippen molar-refractivity contribution in [3.8, 4) is 0 Å². The van der Waals surface area contributed by atoms with Crippen molar-refractivity contribution in [1.29, 1.82) is 0 Å². The number of halogens is 2. The first-order chi connectivity index (χ1) is 7.58. The van der Waals surface area contributed by atoms with E-state index >= 15 is 0 Å². The Labute approximate surface area is 111 Å². The molecule has 0 aliphatic heterocycles. The minimum absolute atomic E-state index is 0.0940. The molecular formula is C13H19BrClN. The van der Waals surface area contributed by atoms with Gasteiger partial charge in [-0.25, -0.2) is 0 Å². The Bertz CT molecular complexity index is 337. The molecule has 0 amide bonds. The van der Waals surface area contributed by atoms with E-state index in [2.05, 4.69) is 29.8 Å². The molecule has 1 rings (SSSR count). The Morgan fingerprint density at radius 2 is 1.94 bits per heavy atom. The highest BCUT2D eigenvalue weighted by Gasteiger charge is 2.14. The first kappa shape index (κ1) is 14.0. The lowest BCUT2D eigenvalue weighted by molar-refractivity contribution is 0.414. The molecule has 2 N–H and O–H groups in total. The predicted molar refractivity (Wildman–Crippen MR) is 74.8 cm³/mol. The molecule has 0 saturated heterocycles. The number of rotatable bonds is 5. The van der Waals surface area contributed by atoms with Gasteiger partial charge in [-0.3, -0.25) is 0 Å². The molecular weight excluding hydrogens is 286 g/mol. The molecule has 3 heteroatoms. The third-order valence-electron chi connectivity index (χ3n) is 3.10. The Kier molecular flexibility index (Phi) is 5.81. The zero-order valence-corrected chi connectivity index (χ0v) is 12.2. The largest absolute Gasteiger partial charge is 0.324 e. The van der Waals surface area contributed by atoms with Crippen LogP contribution in [0.15, 0.2) is 22.7 Å². The molecule has 0 aromatic heterocycles. The summed E-state index contributed by atoms with van der Waals surface area (Å²) in [5, 5.41) is 0.741. The number of hydrogen-bond donors (Lipinski definition) is 1. The lowest BCUT2D eigenvalue weighted by atomic mass is 9.92. The second-order valence-electron chi connectivity index (χ2n) is 4.19. The summed E-state index contributed by atoms with van der Waals surface area (Å²) in [6, 6.07) is 5.91. The summed E-state index contributed by atoms with van der Waals surface area (Å²) in [7, 11) is 0. The maximum absolute atomic E-state index is 6.22. The Morgan fingerprint density at radius 3 is 2.44 bits per heavy atom. The lowest BCUT2D eigenvalue weighted by Crippen LogP contribution is -2.15. The van der Waals surface area contributed by atoms with Gasteiger partial charge in [0.05, 0.1) is 0 Å². The van der Waals surface area contributed by atoms with Crippen LogP contribution in [0.2, 0.25) is 5.02 Å². The van der Waals surface area contributed by atoms with Gasteiger partial charge in [-0.05, 0) is 30.0 Å². The average molecular weight is 305 g/mol. The van der Waals surface area contributed by atoms with Crippen LogP contribution in [-0.4, -0.2) is 0 Å². The van der Waals surface area contributed by atoms with E-state index in [9.17, 15) is 0 Å². The molecule has 1 unspecified atom stereocenters. The molecule has 1 aromatic carbocycles. The van der Waals surface area contributed by atoms with Gasteiger partial charge in [0.25, 0.3) is 0 Å². The predicted octanol–water partition coefficient (Wildman–Crippen LogP) is 4.93.